The summed E-state index contributed by atoms with van der Waals surface area (Å²) < 4.78 is 4.59. The second-order valence-corrected chi connectivity index (χ2v) is 18.4. The summed E-state index contributed by atoms with van der Waals surface area (Å²) in [5.41, 5.74) is 4.57. The maximum absolute atomic E-state index is 6.03. The molecular formula is C23H22NOPSSe. The van der Waals surface area contributed by atoms with E-state index in [0.717, 1.165) is 41.5 Å². The second-order valence-electron chi connectivity index (χ2n) is 6.77. The third kappa shape index (κ3) is 5.27. The first-order chi connectivity index (χ1) is 13.7. The molecule has 2 nitrogen and oxygen atoms in total. The van der Waals surface area contributed by atoms with Crippen LogP contribution in [-0.4, -0.2) is 32.4 Å². The fourth-order valence-corrected chi connectivity index (χ4v) is 9.82. The Morgan fingerprint density at radius 2 is 1.29 bits per heavy atom. The van der Waals surface area contributed by atoms with Crippen molar-refractivity contribution in [3.8, 4) is 0 Å². The quantitative estimate of drug-likeness (QED) is 0.220. The Kier molecular flexibility index (Phi) is 6.54. The average Bonchev–Trinajstić information content (AvgIpc) is 3.14. The van der Waals surface area contributed by atoms with E-state index < -0.39 is 4.71 Å². The van der Waals surface area contributed by atoms with E-state index in [1.165, 1.54) is 11.1 Å². The Morgan fingerprint density at radius 3 is 1.86 bits per heavy atom. The van der Waals surface area contributed by atoms with Crippen molar-refractivity contribution in [1.82, 2.24) is 4.98 Å². The van der Waals surface area contributed by atoms with Crippen molar-refractivity contribution >= 4 is 42.3 Å². The zero-order chi connectivity index (χ0) is 19.2. The van der Waals surface area contributed by atoms with Gasteiger partial charge in [-0.2, -0.15) is 0 Å². The number of fused-ring (bicyclic) bond motifs is 1. The molecule has 0 aliphatic rings. The summed E-state index contributed by atoms with van der Waals surface area (Å²) >= 11 is 5.43. The summed E-state index contributed by atoms with van der Waals surface area (Å²) in [5.74, 6) is 0. The summed E-state index contributed by atoms with van der Waals surface area (Å²) in [6.45, 7) is 0. The molecule has 0 atom stereocenters. The number of para-hydroxylation sites is 2. The zero-order valence-corrected chi connectivity index (χ0v) is 19.0. The van der Waals surface area contributed by atoms with Gasteiger partial charge in [-0.15, -0.1) is 0 Å². The Balaban J connectivity index is 1.53. The minimum atomic E-state index is -1.44. The van der Waals surface area contributed by atoms with Crippen molar-refractivity contribution in [2.24, 2.45) is 0 Å². The standard InChI is InChI=1S/C23H22NOPSSe/c28-26(17-15-19-9-3-1-4-10-19,18-16-20-11-5-2-6-12-20)27-23-24-21-13-7-8-14-22(21)25-23/h1-14H,15-18H2. The van der Waals surface area contributed by atoms with Gasteiger partial charge in [0.05, 0.1) is 0 Å². The molecule has 0 saturated carbocycles. The van der Waals surface area contributed by atoms with E-state index in [4.69, 9.17) is 9.40 Å². The first kappa shape index (κ1) is 19.7. The van der Waals surface area contributed by atoms with Gasteiger partial charge in [-0.05, 0) is 0 Å². The van der Waals surface area contributed by atoms with Crippen molar-refractivity contribution in [1.29, 1.82) is 0 Å². The molecule has 1 aromatic heterocycles. The van der Waals surface area contributed by atoms with Gasteiger partial charge in [-0.1, -0.05) is 0 Å². The van der Waals surface area contributed by atoms with Gasteiger partial charge in [0.2, 0.25) is 0 Å². The van der Waals surface area contributed by atoms with Crippen molar-refractivity contribution in [2.45, 2.75) is 18.1 Å². The number of hydrogen-bond donors (Lipinski definition) is 0. The molecule has 0 fully saturated rings. The number of oxazole rings is 1. The van der Waals surface area contributed by atoms with Crippen LogP contribution < -0.4 is 0 Å². The first-order valence-electron chi connectivity index (χ1n) is 9.41. The van der Waals surface area contributed by atoms with E-state index in [1.807, 2.05) is 35.6 Å². The van der Waals surface area contributed by atoms with E-state index in [1.54, 1.807) is 0 Å². The molecule has 0 saturated heterocycles. The third-order valence-electron chi connectivity index (χ3n) is 4.69. The van der Waals surface area contributed by atoms with E-state index in [2.05, 4.69) is 75.8 Å². The van der Waals surface area contributed by atoms with Crippen LogP contribution >= 0.6 is 16.1 Å². The molecule has 0 aliphatic heterocycles. The zero-order valence-electron chi connectivity index (χ0n) is 15.5. The Bertz CT molecular complexity index is 1000. The summed E-state index contributed by atoms with van der Waals surface area (Å²) in [7, 11) is 0. The predicted octanol–water partition coefficient (Wildman–Crippen LogP) is 6.42. The van der Waals surface area contributed by atoms with Gasteiger partial charge >= 0.3 is 178 Å². The van der Waals surface area contributed by atoms with Gasteiger partial charge < -0.3 is 0 Å². The second kappa shape index (κ2) is 9.28. The SMILES string of the molecule is [Se]=P(CCc1ccccc1)(CCc1ccccc1)Sc1nc2ccccc2o1. The molecule has 3 aromatic carbocycles. The van der Waals surface area contributed by atoms with Gasteiger partial charge in [-0.3, -0.25) is 0 Å². The van der Waals surface area contributed by atoms with E-state index in [0.29, 0.717) is 0 Å². The van der Waals surface area contributed by atoms with E-state index in [-0.39, 0.29) is 0 Å². The molecule has 0 bridgehead atoms. The molecule has 0 spiro atoms. The molecule has 1 heterocycles. The van der Waals surface area contributed by atoms with Crippen LogP contribution in [-0.2, 0) is 12.8 Å². The molecule has 4 aromatic rings. The van der Waals surface area contributed by atoms with Crippen molar-refractivity contribution in [2.75, 3.05) is 12.3 Å². The molecule has 0 amide bonds. The fourth-order valence-electron chi connectivity index (χ4n) is 3.12. The molecule has 142 valence electrons. The molecule has 0 radical (unpaired) electrons. The van der Waals surface area contributed by atoms with Gasteiger partial charge in [0, 0.05) is 0 Å². The number of aryl methyl sites for hydroxylation is 2. The Labute approximate surface area is 177 Å². The number of aromatic nitrogens is 1. The maximum atomic E-state index is 6.03. The normalized spacial score (nSPS) is 11.7. The fraction of sp³-hybridized carbons (Fsp3) is 0.174. The van der Waals surface area contributed by atoms with Crippen LogP contribution in [0, 0.1) is 0 Å². The number of nitrogens with zero attached hydrogens (tertiary/aromatic N) is 1. The predicted molar refractivity (Wildman–Crippen MR) is 123 cm³/mol. The van der Waals surface area contributed by atoms with E-state index in [9.17, 15) is 0 Å². The van der Waals surface area contributed by atoms with Crippen LogP contribution in [0.5, 0.6) is 0 Å². The van der Waals surface area contributed by atoms with Crippen LogP contribution in [0.2, 0.25) is 0 Å². The average molecular weight is 470 g/mol. The molecule has 28 heavy (non-hydrogen) atoms. The third-order valence-corrected chi connectivity index (χ3v) is 13.4. The van der Waals surface area contributed by atoms with Crippen LogP contribution in [0.15, 0.2) is 94.6 Å². The molecule has 4 rings (SSSR count). The summed E-state index contributed by atoms with van der Waals surface area (Å²) in [6, 6.07) is 29.5. The van der Waals surface area contributed by atoms with E-state index >= 15 is 0 Å². The Hall–Kier alpha value is -1.57. The minimum absolute atomic E-state index is 0.786. The monoisotopic (exact) mass is 471 g/mol. The van der Waals surface area contributed by atoms with Crippen LogP contribution in [0.3, 0.4) is 0 Å². The van der Waals surface area contributed by atoms with Crippen molar-refractivity contribution in [3.05, 3.63) is 96.1 Å². The molecule has 0 aliphatic carbocycles. The summed E-state index contributed by atoms with van der Waals surface area (Å²) in [6.07, 6.45) is 4.41. The Morgan fingerprint density at radius 1 is 0.750 bits per heavy atom. The van der Waals surface area contributed by atoms with Gasteiger partial charge in [0.1, 0.15) is 0 Å². The summed E-state index contributed by atoms with van der Waals surface area (Å²) in [5, 5.41) is 0.786. The topological polar surface area (TPSA) is 26.0 Å². The number of benzene rings is 3. The van der Waals surface area contributed by atoms with Gasteiger partial charge in [0.25, 0.3) is 0 Å². The van der Waals surface area contributed by atoms with Gasteiger partial charge in [0.15, 0.2) is 0 Å². The van der Waals surface area contributed by atoms with Gasteiger partial charge in [-0.25, -0.2) is 0 Å². The molecule has 0 unspecified atom stereocenters. The van der Waals surface area contributed by atoms with Crippen LogP contribution in [0.1, 0.15) is 11.1 Å². The number of hydrogen-bond acceptors (Lipinski definition) is 3. The van der Waals surface area contributed by atoms with Crippen LogP contribution in [0.4, 0.5) is 0 Å². The summed E-state index contributed by atoms with van der Waals surface area (Å²) in [4.78, 5) is 4.71. The first-order valence-corrected chi connectivity index (χ1v) is 15.2. The molecule has 5 heteroatoms. The molecular weight excluding hydrogens is 448 g/mol. The number of rotatable bonds is 8. The van der Waals surface area contributed by atoms with Crippen molar-refractivity contribution in [3.63, 3.8) is 0 Å². The van der Waals surface area contributed by atoms with Crippen LogP contribution in [0.25, 0.3) is 11.1 Å². The van der Waals surface area contributed by atoms with Crippen molar-refractivity contribution < 1.29 is 4.42 Å². The molecule has 0 N–H and O–H groups in total.